The summed E-state index contributed by atoms with van der Waals surface area (Å²) in [5.74, 6) is 2.09. The van der Waals surface area contributed by atoms with Gasteiger partial charge in [-0.05, 0) is 87.9 Å². The van der Waals surface area contributed by atoms with Crippen LogP contribution in [0.1, 0.15) is 78.6 Å². The molecule has 0 aromatic carbocycles. The molecule has 8 atom stereocenters. The predicted molar refractivity (Wildman–Crippen MR) is 95.3 cm³/mol. The number of hydrogen-bond donors (Lipinski definition) is 2. The molecule has 4 saturated carbocycles. The summed E-state index contributed by atoms with van der Waals surface area (Å²) in [4.78, 5) is 12.2. The molecule has 0 radical (unpaired) electrons. The van der Waals surface area contributed by atoms with Crippen LogP contribution < -0.4 is 5.73 Å². The highest BCUT2D eigenvalue weighted by molar-refractivity contribution is 5.80. The van der Waals surface area contributed by atoms with E-state index in [1.54, 1.807) is 6.92 Å². The molecule has 24 heavy (non-hydrogen) atoms. The van der Waals surface area contributed by atoms with Crippen molar-refractivity contribution in [3.05, 3.63) is 0 Å². The van der Waals surface area contributed by atoms with Gasteiger partial charge in [-0.1, -0.05) is 13.8 Å². The summed E-state index contributed by atoms with van der Waals surface area (Å²) in [7, 11) is 0. The molecule has 3 heteroatoms. The van der Waals surface area contributed by atoms with Crippen LogP contribution in [0.15, 0.2) is 0 Å². The summed E-state index contributed by atoms with van der Waals surface area (Å²) in [5.41, 5.74) is 5.79. The third-order valence-electron chi connectivity index (χ3n) is 9.38. The lowest BCUT2D eigenvalue weighted by Crippen LogP contribution is -2.62. The van der Waals surface area contributed by atoms with Gasteiger partial charge in [0.05, 0.1) is 5.60 Å². The van der Waals surface area contributed by atoms with Crippen LogP contribution in [0.25, 0.3) is 0 Å². The fourth-order valence-corrected chi connectivity index (χ4v) is 7.91. The summed E-state index contributed by atoms with van der Waals surface area (Å²) < 4.78 is 0. The van der Waals surface area contributed by atoms with E-state index in [2.05, 4.69) is 13.8 Å². The second-order valence-corrected chi connectivity index (χ2v) is 10.1. The van der Waals surface area contributed by atoms with Crippen molar-refractivity contribution in [3.8, 4) is 0 Å². The van der Waals surface area contributed by atoms with Crippen LogP contribution in [0, 0.1) is 34.5 Å². The molecule has 0 saturated heterocycles. The maximum absolute atomic E-state index is 12.2. The Morgan fingerprint density at radius 1 is 1.00 bits per heavy atom. The standard InChI is InChI=1S/C21H35NO2/c1-13(23)16-8-11-21(24)18-5-4-14-12-15(22)6-9-19(14,2)17(18)7-10-20(16,21)3/h14-18,24H,4-12,22H2,1-3H3/t14-,15-,16-,17-,18+,19-,20+,21-/m0/s1. The van der Waals surface area contributed by atoms with Gasteiger partial charge in [-0.15, -0.1) is 0 Å². The van der Waals surface area contributed by atoms with E-state index in [0.29, 0.717) is 23.3 Å². The van der Waals surface area contributed by atoms with Gasteiger partial charge in [0.15, 0.2) is 0 Å². The van der Waals surface area contributed by atoms with Gasteiger partial charge >= 0.3 is 0 Å². The van der Waals surface area contributed by atoms with Gasteiger partial charge in [0, 0.05) is 17.4 Å². The first-order valence-corrected chi connectivity index (χ1v) is 10.2. The van der Waals surface area contributed by atoms with Crippen molar-refractivity contribution in [2.45, 2.75) is 90.2 Å². The van der Waals surface area contributed by atoms with Crippen molar-refractivity contribution in [1.82, 2.24) is 0 Å². The summed E-state index contributed by atoms with van der Waals surface area (Å²) in [6.45, 7) is 6.44. The van der Waals surface area contributed by atoms with Crippen LogP contribution in [0.3, 0.4) is 0 Å². The Balaban J connectivity index is 1.68. The second-order valence-electron chi connectivity index (χ2n) is 10.1. The minimum absolute atomic E-state index is 0.0637. The van der Waals surface area contributed by atoms with E-state index in [4.69, 9.17) is 5.73 Å². The maximum Gasteiger partial charge on any atom is 0.133 e. The van der Waals surface area contributed by atoms with Crippen LogP contribution in [0.5, 0.6) is 0 Å². The van der Waals surface area contributed by atoms with Crippen LogP contribution >= 0.6 is 0 Å². The Bertz CT molecular complexity index is 548. The number of fused-ring (bicyclic) bond motifs is 5. The largest absolute Gasteiger partial charge is 0.389 e. The average molecular weight is 334 g/mol. The van der Waals surface area contributed by atoms with Gasteiger partial charge in [0.2, 0.25) is 0 Å². The number of nitrogens with two attached hydrogens (primary N) is 1. The van der Waals surface area contributed by atoms with Crippen LogP contribution in [0.2, 0.25) is 0 Å². The van der Waals surface area contributed by atoms with Crippen molar-refractivity contribution in [3.63, 3.8) is 0 Å². The monoisotopic (exact) mass is 333 g/mol. The first kappa shape index (κ1) is 17.0. The first-order valence-electron chi connectivity index (χ1n) is 10.2. The smallest absolute Gasteiger partial charge is 0.133 e. The summed E-state index contributed by atoms with van der Waals surface area (Å²) in [6.07, 6.45) is 9.81. The summed E-state index contributed by atoms with van der Waals surface area (Å²) >= 11 is 0. The minimum Gasteiger partial charge on any atom is -0.389 e. The molecule has 4 rings (SSSR count). The number of ketones is 1. The lowest BCUT2D eigenvalue weighted by Gasteiger charge is -2.63. The molecule has 0 heterocycles. The van der Waals surface area contributed by atoms with E-state index in [0.717, 1.165) is 38.0 Å². The number of rotatable bonds is 1. The number of hydrogen-bond acceptors (Lipinski definition) is 3. The van der Waals surface area contributed by atoms with Crippen molar-refractivity contribution in [2.24, 2.45) is 40.2 Å². The van der Waals surface area contributed by atoms with Crippen LogP contribution in [-0.2, 0) is 4.79 Å². The minimum atomic E-state index is -0.625. The van der Waals surface area contributed by atoms with E-state index in [9.17, 15) is 9.90 Å². The van der Waals surface area contributed by atoms with E-state index in [1.165, 1.54) is 25.7 Å². The van der Waals surface area contributed by atoms with E-state index in [1.807, 2.05) is 0 Å². The van der Waals surface area contributed by atoms with E-state index in [-0.39, 0.29) is 17.1 Å². The Kier molecular flexibility index (Phi) is 3.76. The molecule has 0 aliphatic heterocycles. The molecule has 0 unspecified atom stereocenters. The van der Waals surface area contributed by atoms with Crippen molar-refractivity contribution in [2.75, 3.05) is 0 Å². The molecule has 0 amide bonds. The number of carbonyl (C=O) groups is 1. The Morgan fingerprint density at radius 3 is 2.46 bits per heavy atom. The highest BCUT2D eigenvalue weighted by atomic mass is 16.3. The Morgan fingerprint density at radius 2 is 1.75 bits per heavy atom. The number of Topliss-reactive ketones (excluding diaryl/α,β-unsaturated/α-hetero) is 1. The van der Waals surface area contributed by atoms with Crippen molar-refractivity contribution < 1.29 is 9.90 Å². The van der Waals surface area contributed by atoms with Gasteiger partial charge < -0.3 is 10.8 Å². The summed E-state index contributed by atoms with van der Waals surface area (Å²) in [6, 6.07) is 0.380. The van der Waals surface area contributed by atoms with E-state index >= 15 is 0 Å². The zero-order valence-corrected chi connectivity index (χ0v) is 15.7. The Hall–Kier alpha value is -0.410. The maximum atomic E-state index is 12.2. The molecule has 0 aromatic heterocycles. The van der Waals surface area contributed by atoms with E-state index < -0.39 is 5.60 Å². The van der Waals surface area contributed by atoms with Crippen molar-refractivity contribution >= 4 is 5.78 Å². The normalized spacial score (nSPS) is 57.0. The lowest BCUT2D eigenvalue weighted by molar-refractivity contribution is -0.206. The molecule has 4 aliphatic carbocycles. The Labute approximate surface area is 146 Å². The molecule has 4 aliphatic rings. The molecule has 3 N–H and O–H groups in total. The zero-order valence-electron chi connectivity index (χ0n) is 15.7. The average Bonchev–Trinajstić information content (AvgIpc) is 2.80. The first-order chi connectivity index (χ1) is 11.2. The third-order valence-corrected chi connectivity index (χ3v) is 9.38. The fourth-order valence-electron chi connectivity index (χ4n) is 7.91. The predicted octanol–water partition coefficient (Wildman–Crippen LogP) is 3.68. The fraction of sp³-hybridized carbons (Fsp3) is 0.952. The molecule has 0 bridgehead atoms. The second kappa shape index (κ2) is 5.30. The van der Waals surface area contributed by atoms with Gasteiger partial charge in [0.1, 0.15) is 5.78 Å². The number of carbonyl (C=O) groups excluding carboxylic acids is 1. The van der Waals surface area contributed by atoms with Gasteiger partial charge in [0.25, 0.3) is 0 Å². The topological polar surface area (TPSA) is 63.3 Å². The molecule has 136 valence electrons. The molecule has 3 nitrogen and oxygen atoms in total. The SMILES string of the molecule is CC(=O)[C@@H]1CC[C@]2(O)[C@@H]3CC[C@H]4C[C@@H](N)CC[C@]4(C)[C@H]3CC[C@]12C. The quantitative estimate of drug-likeness (QED) is 0.769. The van der Waals surface area contributed by atoms with Gasteiger partial charge in [-0.25, -0.2) is 0 Å². The molecule has 0 aromatic rings. The van der Waals surface area contributed by atoms with Crippen LogP contribution in [-0.4, -0.2) is 22.5 Å². The lowest BCUT2D eigenvalue weighted by atomic mass is 9.43. The highest BCUT2D eigenvalue weighted by Crippen LogP contribution is 2.68. The highest BCUT2D eigenvalue weighted by Gasteiger charge is 2.67. The van der Waals surface area contributed by atoms with Crippen molar-refractivity contribution in [1.29, 1.82) is 0 Å². The molecular weight excluding hydrogens is 298 g/mol. The van der Waals surface area contributed by atoms with Crippen LogP contribution in [0.4, 0.5) is 0 Å². The molecular formula is C21H35NO2. The molecule has 4 fully saturated rings. The molecule has 0 spiro atoms. The van der Waals surface area contributed by atoms with Gasteiger partial charge in [-0.3, -0.25) is 4.79 Å². The zero-order chi connectivity index (χ0) is 17.3. The number of aliphatic hydroxyl groups is 1. The summed E-state index contributed by atoms with van der Waals surface area (Å²) in [5, 5.41) is 11.9. The third kappa shape index (κ3) is 2.00. The van der Waals surface area contributed by atoms with Gasteiger partial charge in [-0.2, -0.15) is 0 Å².